The topological polar surface area (TPSA) is 73.9 Å². The van der Waals surface area contributed by atoms with E-state index in [1.807, 2.05) is 34.6 Å². The van der Waals surface area contributed by atoms with E-state index in [9.17, 15) is 9.59 Å². The Bertz CT molecular complexity index is 656. The first-order chi connectivity index (χ1) is 13.1. The summed E-state index contributed by atoms with van der Waals surface area (Å²) < 4.78 is 16.6. The molecule has 0 saturated heterocycles. The van der Waals surface area contributed by atoms with Crippen LogP contribution in [0, 0.1) is 11.8 Å². The van der Waals surface area contributed by atoms with E-state index in [1.54, 1.807) is 32.0 Å². The summed E-state index contributed by atoms with van der Waals surface area (Å²) in [6.45, 7) is 14.7. The molecule has 1 amide bonds. The average Bonchev–Trinajstić information content (AvgIpc) is 2.60. The van der Waals surface area contributed by atoms with Gasteiger partial charge in [-0.3, -0.25) is 4.79 Å². The molecule has 1 N–H and O–H groups in total. The second-order valence-electron chi connectivity index (χ2n) is 7.85. The van der Waals surface area contributed by atoms with Crippen molar-refractivity contribution in [2.24, 2.45) is 11.8 Å². The molecule has 0 fully saturated rings. The van der Waals surface area contributed by atoms with E-state index < -0.39 is 11.6 Å². The van der Waals surface area contributed by atoms with Crippen LogP contribution in [0.2, 0.25) is 0 Å². The Balaban J connectivity index is 3.11. The van der Waals surface area contributed by atoms with Crippen LogP contribution in [0.15, 0.2) is 18.2 Å². The smallest absolute Gasteiger partial charge is 0.341 e. The number of ether oxygens (including phenoxy) is 3. The molecule has 1 atom stereocenters. The van der Waals surface area contributed by atoms with Crippen LogP contribution in [0.4, 0.5) is 5.69 Å². The fourth-order valence-electron chi connectivity index (χ4n) is 2.94. The van der Waals surface area contributed by atoms with Gasteiger partial charge in [-0.2, -0.15) is 0 Å². The highest BCUT2D eigenvalue weighted by Crippen LogP contribution is 2.27. The molecular formula is C22H35NO5. The zero-order valence-corrected chi connectivity index (χ0v) is 18.3. The SMILES string of the molecule is CCOC(=O)c1cc(NC(=O)C(C)(CC(C)C)OCC)ccc1OCC(C)C. The molecule has 0 aliphatic heterocycles. The molecule has 1 aromatic rings. The second kappa shape index (κ2) is 11.1. The molecule has 0 spiro atoms. The van der Waals surface area contributed by atoms with Crippen LogP contribution < -0.4 is 10.1 Å². The summed E-state index contributed by atoms with van der Waals surface area (Å²) in [6.07, 6.45) is 0.590. The molecule has 0 aromatic heterocycles. The van der Waals surface area contributed by atoms with Crippen molar-refractivity contribution in [3.05, 3.63) is 23.8 Å². The predicted molar refractivity (Wildman–Crippen MR) is 111 cm³/mol. The summed E-state index contributed by atoms with van der Waals surface area (Å²) in [5.41, 5.74) is -0.151. The third-order valence-electron chi connectivity index (χ3n) is 4.05. The normalized spacial score (nSPS) is 13.3. The first-order valence-electron chi connectivity index (χ1n) is 10.0. The van der Waals surface area contributed by atoms with Crippen molar-refractivity contribution in [3.8, 4) is 5.75 Å². The van der Waals surface area contributed by atoms with Crippen molar-refractivity contribution in [1.29, 1.82) is 0 Å². The zero-order valence-electron chi connectivity index (χ0n) is 18.3. The molecule has 0 aliphatic rings. The molecule has 6 heteroatoms. The molecule has 6 nitrogen and oxygen atoms in total. The zero-order chi connectivity index (χ0) is 21.3. The van der Waals surface area contributed by atoms with E-state index >= 15 is 0 Å². The van der Waals surface area contributed by atoms with Gasteiger partial charge in [0, 0.05) is 12.3 Å². The van der Waals surface area contributed by atoms with E-state index in [1.165, 1.54) is 0 Å². The third-order valence-corrected chi connectivity index (χ3v) is 4.05. The van der Waals surface area contributed by atoms with Gasteiger partial charge < -0.3 is 19.5 Å². The number of benzene rings is 1. The van der Waals surface area contributed by atoms with E-state index in [2.05, 4.69) is 5.32 Å². The molecular weight excluding hydrogens is 358 g/mol. The Kier molecular flexibility index (Phi) is 9.46. The Morgan fingerprint density at radius 3 is 2.29 bits per heavy atom. The molecule has 1 aromatic carbocycles. The van der Waals surface area contributed by atoms with Crippen molar-refractivity contribution in [1.82, 2.24) is 0 Å². The van der Waals surface area contributed by atoms with Crippen LogP contribution >= 0.6 is 0 Å². The van der Waals surface area contributed by atoms with Gasteiger partial charge in [-0.05, 0) is 57.2 Å². The van der Waals surface area contributed by atoms with Crippen LogP contribution in [-0.4, -0.2) is 37.3 Å². The molecule has 0 heterocycles. The minimum Gasteiger partial charge on any atom is -0.492 e. The Labute approximate surface area is 168 Å². The number of nitrogens with one attached hydrogen (secondary N) is 1. The van der Waals surface area contributed by atoms with Crippen LogP contribution in [0.1, 0.15) is 65.2 Å². The first-order valence-corrected chi connectivity index (χ1v) is 10.0. The largest absolute Gasteiger partial charge is 0.492 e. The molecule has 28 heavy (non-hydrogen) atoms. The van der Waals surface area contributed by atoms with Gasteiger partial charge in [-0.15, -0.1) is 0 Å². The summed E-state index contributed by atoms with van der Waals surface area (Å²) in [6, 6.07) is 5.00. The lowest BCUT2D eigenvalue weighted by Crippen LogP contribution is -2.44. The van der Waals surface area contributed by atoms with Gasteiger partial charge in [0.05, 0.1) is 13.2 Å². The standard InChI is InChI=1S/C22H35NO5/c1-8-26-20(24)18-12-17(10-11-19(18)27-14-16(5)6)23-21(25)22(7,28-9-2)13-15(3)4/h10-12,15-16H,8-9,13-14H2,1-7H3,(H,23,25). The Hall–Kier alpha value is -2.08. The summed E-state index contributed by atoms with van der Waals surface area (Å²) in [5.74, 6) is 0.335. The average molecular weight is 394 g/mol. The van der Waals surface area contributed by atoms with Crippen molar-refractivity contribution in [3.63, 3.8) is 0 Å². The molecule has 1 rings (SSSR count). The summed E-state index contributed by atoms with van der Waals surface area (Å²) in [5, 5.41) is 2.87. The van der Waals surface area contributed by atoms with Crippen LogP contribution in [0.25, 0.3) is 0 Å². The monoisotopic (exact) mass is 393 g/mol. The quantitative estimate of drug-likeness (QED) is 0.553. The Morgan fingerprint density at radius 1 is 1.07 bits per heavy atom. The van der Waals surface area contributed by atoms with Gasteiger partial charge in [0.25, 0.3) is 5.91 Å². The minimum absolute atomic E-state index is 0.242. The maximum Gasteiger partial charge on any atom is 0.341 e. The van der Waals surface area contributed by atoms with E-state index in [-0.39, 0.29) is 12.5 Å². The highest BCUT2D eigenvalue weighted by atomic mass is 16.5. The number of hydrogen-bond donors (Lipinski definition) is 1. The molecule has 0 aliphatic carbocycles. The van der Waals surface area contributed by atoms with Crippen LogP contribution in [-0.2, 0) is 14.3 Å². The fourth-order valence-corrected chi connectivity index (χ4v) is 2.94. The Morgan fingerprint density at radius 2 is 1.75 bits per heavy atom. The number of rotatable bonds is 11. The predicted octanol–water partition coefficient (Wildman–Crippen LogP) is 4.68. The van der Waals surface area contributed by atoms with E-state index in [4.69, 9.17) is 14.2 Å². The van der Waals surface area contributed by atoms with Crippen LogP contribution in [0.3, 0.4) is 0 Å². The van der Waals surface area contributed by atoms with Crippen molar-refractivity contribution >= 4 is 17.6 Å². The molecule has 0 bridgehead atoms. The van der Waals surface area contributed by atoms with Crippen molar-refractivity contribution in [2.75, 3.05) is 25.1 Å². The number of hydrogen-bond acceptors (Lipinski definition) is 5. The number of amides is 1. The van der Waals surface area contributed by atoms with Gasteiger partial charge in [0.15, 0.2) is 0 Å². The van der Waals surface area contributed by atoms with Crippen molar-refractivity contribution in [2.45, 2.75) is 60.5 Å². The van der Waals surface area contributed by atoms with Gasteiger partial charge in [0.2, 0.25) is 0 Å². The van der Waals surface area contributed by atoms with Gasteiger partial charge in [0.1, 0.15) is 16.9 Å². The van der Waals surface area contributed by atoms with E-state index in [0.29, 0.717) is 48.5 Å². The maximum absolute atomic E-state index is 12.9. The minimum atomic E-state index is -0.945. The van der Waals surface area contributed by atoms with E-state index in [0.717, 1.165) is 0 Å². The number of esters is 1. The number of anilines is 1. The molecule has 1 unspecified atom stereocenters. The van der Waals surface area contributed by atoms with Gasteiger partial charge >= 0.3 is 5.97 Å². The number of carbonyl (C=O) groups is 2. The summed E-state index contributed by atoms with van der Waals surface area (Å²) in [7, 11) is 0. The highest BCUT2D eigenvalue weighted by molar-refractivity contribution is 5.99. The molecule has 0 radical (unpaired) electrons. The lowest BCUT2D eigenvalue weighted by molar-refractivity contribution is -0.140. The molecule has 0 saturated carbocycles. The highest BCUT2D eigenvalue weighted by Gasteiger charge is 2.35. The van der Waals surface area contributed by atoms with Crippen molar-refractivity contribution < 1.29 is 23.8 Å². The van der Waals surface area contributed by atoms with Gasteiger partial charge in [-0.25, -0.2) is 4.79 Å². The molecule has 158 valence electrons. The maximum atomic E-state index is 12.9. The fraction of sp³-hybridized carbons (Fsp3) is 0.636. The lowest BCUT2D eigenvalue weighted by atomic mass is 9.93. The summed E-state index contributed by atoms with van der Waals surface area (Å²) >= 11 is 0. The van der Waals surface area contributed by atoms with Crippen LogP contribution in [0.5, 0.6) is 5.75 Å². The second-order valence-corrected chi connectivity index (χ2v) is 7.85. The number of carbonyl (C=O) groups excluding carboxylic acids is 2. The van der Waals surface area contributed by atoms with Gasteiger partial charge in [-0.1, -0.05) is 27.7 Å². The summed E-state index contributed by atoms with van der Waals surface area (Å²) in [4.78, 5) is 25.2. The first kappa shape index (κ1) is 24.0. The third kappa shape index (κ3) is 7.15. The lowest BCUT2D eigenvalue weighted by Gasteiger charge is -2.30.